The number of aromatic nitrogens is 2. The Balaban J connectivity index is 2.18. The van der Waals surface area contributed by atoms with E-state index in [-0.39, 0.29) is 13.0 Å². The molecule has 0 fully saturated rings. The molecule has 0 saturated heterocycles. The van der Waals surface area contributed by atoms with Gasteiger partial charge in [0.05, 0.1) is 26.2 Å². The van der Waals surface area contributed by atoms with Gasteiger partial charge in [0.25, 0.3) is 0 Å². The molecule has 2 N–H and O–H groups in total. The van der Waals surface area contributed by atoms with Gasteiger partial charge in [-0.2, -0.15) is 0 Å². The number of anilines is 1. The highest BCUT2D eigenvalue weighted by Gasteiger charge is 1.99. The second-order valence-corrected chi connectivity index (χ2v) is 3.36. The van der Waals surface area contributed by atoms with Crippen molar-refractivity contribution in [3.05, 3.63) is 12.4 Å². The van der Waals surface area contributed by atoms with Crippen molar-refractivity contribution >= 4 is 11.8 Å². The van der Waals surface area contributed by atoms with E-state index in [2.05, 4.69) is 15.3 Å². The van der Waals surface area contributed by atoms with Crippen LogP contribution in [0, 0.1) is 0 Å². The molecule has 0 aromatic carbocycles. The minimum absolute atomic E-state index is 0.0159. The molecule has 0 radical (unpaired) electrons. The summed E-state index contributed by atoms with van der Waals surface area (Å²) in [5.41, 5.74) is 0. The highest BCUT2D eigenvalue weighted by atomic mass is 16.5. The first-order chi connectivity index (χ1) is 8.72. The summed E-state index contributed by atoms with van der Waals surface area (Å²) in [7, 11) is 0. The van der Waals surface area contributed by atoms with Gasteiger partial charge in [-0.3, -0.25) is 4.79 Å². The first-order valence-corrected chi connectivity index (χ1v) is 5.70. The van der Waals surface area contributed by atoms with Crippen LogP contribution in [-0.4, -0.2) is 47.4 Å². The Morgan fingerprint density at radius 2 is 2.28 bits per heavy atom. The summed E-state index contributed by atoms with van der Waals surface area (Å²) in [6.07, 6.45) is 1.43. The van der Waals surface area contributed by atoms with E-state index in [9.17, 15) is 4.79 Å². The largest absolute Gasteiger partial charge is 0.481 e. The zero-order valence-corrected chi connectivity index (χ0v) is 10.3. The maximum absolute atomic E-state index is 10.2. The summed E-state index contributed by atoms with van der Waals surface area (Å²) in [5.74, 6) is 0.303. The summed E-state index contributed by atoms with van der Waals surface area (Å²) in [6, 6.07) is 1.70. The topological polar surface area (TPSA) is 93.6 Å². The average Bonchev–Trinajstić information content (AvgIpc) is 2.34. The second kappa shape index (κ2) is 8.24. The van der Waals surface area contributed by atoms with Gasteiger partial charge >= 0.3 is 5.97 Å². The molecular weight excluding hydrogens is 238 g/mol. The number of aliphatic carboxylic acids is 1. The minimum Gasteiger partial charge on any atom is -0.481 e. The minimum atomic E-state index is -0.861. The van der Waals surface area contributed by atoms with Gasteiger partial charge in [0.2, 0.25) is 5.88 Å². The molecule has 1 aromatic heterocycles. The number of rotatable bonds is 9. The maximum atomic E-state index is 10.2. The molecule has 0 saturated carbocycles. The van der Waals surface area contributed by atoms with Crippen LogP contribution in [0.25, 0.3) is 0 Å². The predicted molar refractivity (Wildman–Crippen MR) is 64.8 cm³/mol. The Bertz CT molecular complexity index is 373. The Morgan fingerprint density at radius 1 is 1.44 bits per heavy atom. The molecule has 0 atom stereocenters. The van der Waals surface area contributed by atoms with Crippen LogP contribution >= 0.6 is 0 Å². The normalized spacial score (nSPS) is 10.1. The lowest BCUT2D eigenvalue weighted by Gasteiger charge is -2.07. The van der Waals surface area contributed by atoms with Crippen molar-refractivity contribution in [1.29, 1.82) is 0 Å². The van der Waals surface area contributed by atoms with Crippen LogP contribution < -0.4 is 10.1 Å². The van der Waals surface area contributed by atoms with E-state index in [1.165, 1.54) is 6.33 Å². The fourth-order valence-corrected chi connectivity index (χ4v) is 1.18. The van der Waals surface area contributed by atoms with Gasteiger partial charge < -0.3 is 19.9 Å². The molecule has 0 aliphatic heterocycles. The Hall–Kier alpha value is -1.89. The number of hydrogen-bond acceptors (Lipinski definition) is 6. The van der Waals surface area contributed by atoms with E-state index in [1.54, 1.807) is 6.07 Å². The molecule has 0 unspecified atom stereocenters. The number of nitrogens with zero attached hydrogens (tertiary/aromatic N) is 2. The molecule has 0 spiro atoms. The third-order valence-electron chi connectivity index (χ3n) is 1.95. The van der Waals surface area contributed by atoms with E-state index in [0.29, 0.717) is 31.5 Å². The molecule has 0 aliphatic rings. The Morgan fingerprint density at radius 3 is 3.00 bits per heavy atom. The van der Waals surface area contributed by atoms with E-state index < -0.39 is 5.97 Å². The number of hydrogen-bond donors (Lipinski definition) is 2. The van der Waals surface area contributed by atoms with Crippen molar-refractivity contribution in [1.82, 2.24) is 9.97 Å². The van der Waals surface area contributed by atoms with Crippen molar-refractivity contribution in [2.24, 2.45) is 0 Å². The quantitative estimate of drug-likeness (QED) is 0.630. The number of carboxylic acid groups (broad SMARTS) is 1. The van der Waals surface area contributed by atoms with Gasteiger partial charge in [0, 0.05) is 12.6 Å². The summed E-state index contributed by atoms with van der Waals surface area (Å²) < 4.78 is 10.4. The average molecular weight is 255 g/mol. The Kier molecular flexibility index (Phi) is 6.49. The lowest BCUT2D eigenvalue weighted by molar-refractivity contribution is -0.138. The first kappa shape index (κ1) is 14.2. The van der Waals surface area contributed by atoms with Gasteiger partial charge in [-0.15, -0.1) is 0 Å². The molecule has 7 nitrogen and oxygen atoms in total. The van der Waals surface area contributed by atoms with Gasteiger partial charge in [-0.25, -0.2) is 9.97 Å². The van der Waals surface area contributed by atoms with Crippen LogP contribution in [0.4, 0.5) is 5.82 Å². The van der Waals surface area contributed by atoms with E-state index in [0.717, 1.165) is 0 Å². The van der Waals surface area contributed by atoms with Crippen LogP contribution in [-0.2, 0) is 9.53 Å². The summed E-state index contributed by atoms with van der Waals surface area (Å²) >= 11 is 0. The number of nitrogens with one attached hydrogen (secondary N) is 1. The van der Waals surface area contributed by atoms with Crippen LogP contribution in [0.2, 0.25) is 0 Å². The standard InChI is InChI=1S/C11H17N3O4/c1-2-18-10-7-9(13-8-14-10)12-4-6-17-5-3-11(15)16/h7-8H,2-6H2,1H3,(H,15,16)(H,12,13,14). The van der Waals surface area contributed by atoms with E-state index in [4.69, 9.17) is 14.6 Å². The van der Waals surface area contributed by atoms with Gasteiger partial charge in [-0.05, 0) is 6.92 Å². The molecule has 7 heteroatoms. The smallest absolute Gasteiger partial charge is 0.305 e. The molecule has 18 heavy (non-hydrogen) atoms. The molecular formula is C11H17N3O4. The molecule has 1 aromatic rings. The summed E-state index contributed by atoms with van der Waals surface area (Å²) in [6.45, 7) is 3.61. The first-order valence-electron chi connectivity index (χ1n) is 5.70. The van der Waals surface area contributed by atoms with Gasteiger partial charge in [0.15, 0.2) is 0 Å². The highest BCUT2D eigenvalue weighted by Crippen LogP contribution is 2.10. The summed E-state index contributed by atoms with van der Waals surface area (Å²) in [5, 5.41) is 11.4. The van der Waals surface area contributed by atoms with Crippen molar-refractivity contribution in [2.45, 2.75) is 13.3 Å². The maximum Gasteiger partial charge on any atom is 0.305 e. The predicted octanol–water partition coefficient (Wildman–Crippen LogP) is 0.778. The molecule has 0 bridgehead atoms. The van der Waals surface area contributed by atoms with Crippen molar-refractivity contribution in [3.63, 3.8) is 0 Å². The fourth-order valence-electron chi connectivity index (χ4n) is 1.18. The van der Waals surface area contributed by atoms with E-state index >= 15 is 0 Å². The molecule has 100 valence electrons. The highest BCUT2D eigenvalue weighted by molar-refractivity contribution is 5.66. The molecule has 1 rings (SSSR count). The lowest BCUT2D eigenvalue weighted by Crippen LogP contribution is -2.12. The SMILES string of the molecule is CCOc1cc(NCCOCCC(=O)O)ncn1. The lowest BCUT2D eigenvalue weighted by atomic mass is 10.5. The van der Waals surface area contributed by atoms with Crippen LogP contribution in [0.15, 0.2) is 12.4 Å². The monoisotopic (exact) mass is 255 g/mol. The third kappa shape index (κ3) is 6.00. The fraction of sp³-hybridized carbons (Fsp3) is 0.545. The molecule has 0 amide bonds. The molecule has 0 aliphatic carbocycles. The third-order valence-corrected chi connectivity index (χ3v) is 1.95. The van der Waals surface area contributed by atoms with Crippen molar-refractivity contribution in [3.8, 4) is 5.88 Å². The van der Waals surface area contributed by atoms with Gasteiger partial charge in [-0.1, -0.05) is 0 Å². The van der Waals surface area contributed by atoms with Crippen LogP contribution in [0.1, 0.15) is 13.3 Å². The number of carbonyl (C=O) groups is 1. The van der Waals surface area contributed by atoms with E-state index in [1.807, 2.05) is 6.92 Å². The summed E-state index contributed by atoms with van der Waals surface area (Å²) in [4.78, 5) is 18.2. The number of carboxylic acids is 1. The van der Waals surface area contributed by atoms with Crippen molar-refractivity contribution in [2.75, 3.05) is 31.7 Å². The number of ether oxygens (including phenoxy) is 2. The Labute approximate surface area is 105 Å². The zero-order chi connectivity index (χ0) is 13.2. The van der Waals surface area contributed by atoms with Crippen LogP contribution in [0.5, 0.6) is 5.88 Å². The van der Waals surface area contributed by atoms with Crippen molar-refractivity contribution < 1.29 is 19.4 Å². The second-order valence-electron chi connectivity index (χ2n) is 3.36. The van der Waals surface area contributed by atoms with Crippen LogP contribution in [0.3, 0.4) is 0 Å². The molecule has 1 heterocycles. The van der Waals surface area contributed by atoms with Gasteiger partial charge in [0.1, 0.15) is 12.1 Å². The zero-order valence-electron chi connectivity index (χ0n) is 10.3.